The van der Waals surface area contributed by atoms with E-state index in [1.165, 1.54) is 30.6 Å². The van der Waals surface area contributed by atoms with E-state index in [-0.39, 0.29) is 11.5 Å². The van der Waals surface area contributed by atoms with Gasteiger partial charge < -0.3 is 10.6 Å². The van der Waals surface area contributed by atoms with Gasteiger partial charge in [-0.25, -0.2) is 14.4 Å². The van der Waals surface area contributed by atoms with Gasteiger partial charge in [0.1, 0.15) is 23.7 Å². The smallest absolute Gasteiger partial charge is 0.274 e. The average molecular weight is 323 g/mol. The molecule has 0 saturated heterocycles. The van der Waals surface area contributed by atoms with Gasteiger partial charge in [-0.05, 0) is 36.4 Å². The lowest BCUT2D eigenvalue weighted by atomic mass is 10.3. The molecule has 0 bridgehead atoms. The fourth-order valence-electron chi connectivity index (χ4n) is 1.99. The number of amides is 1. The van der Waals surface area contributed by atoms with E-state index < -0.39 is 5.91 Å². The van der Waals surface area contributed by atoms with Crippen LogP contribution < -0.4 is 10.6 Å². The highest BCUT2D eigenvalue weighted by molar-refractivity contribution is 6.03. The van der Waals surface area contributed by atoms with E-state index >= 15 is 0 Å². The summed E-state index contributed by atoms with van der Waals surface area (Å²) in [4.78, 5) is 24.4. The van der Waals surface area contributed by atoms with Crippen LogP contribution in [0.15, 0.2) is 61.1 Å². The number of hydrogen-bond acceptors (Lipinski definition) is 5. The quantitative estimate of drug-likeness (QED) is 0.755. The van der Waals surface area contributed by atoms with Crippen molar-refractivity contribution in [2.45, 2.75) is 6.54 Å². The molecule has 0 spiro atoms. The predicted molar refractivity (Wildman–Crippen MR) is 87.9 cm³/mol. The Balaban J connectivity index is 1.65. The van der Waals surface area contributed by atoms with Crippen LogP contribution >= 0.6 is 0 Å². The van der Waals surface area contributed by atoms with Crippen molar-refractivity contribution in [3.05, 3.63) is 78.3 Å². The molecular formula is C17H14FN5O. The van der Waals surface area contributed by atoms with Gasteiger partial charge in [-0.1, -0.05) is 6.07 Å². The van der Waals surface area contributed by atoms with Crippen LogP contribution in [-0.4, -0.2) is 20.9 Å². The lowest BCUT2D eigenvalue weighted by molar-refractivity contribution is 0.102. The van der Waals surface area contributed by atoms with Crippen LogP contribution in [-0.2, 0) is 6.54 Å². The highest BCUT2D eigenvalue weighted by atomic mass is 19.1. The number of carbonyl (C=O) groups is 1. The molecule has 3 aromatic rings. The zero-order chi connectivity index (χ0) is 16.8. The Morgan fingerprint density at radius 2 is 1.88 bits per heavy atom. The first kappa shape index (κ1) is 15.5. The molecule has 0 aliphatic heterocycles. The van der Waals surface area contributed by atoms with Gasteiger partial charge in [-0.15, -0.1) is 0 Å². The van der Waals surface area contributed by atoms with Gasteiger partial charge in [0.25, 0.3) is 5.91 Å². The molecule has 0 aliphatic carbocycles. The summed E-state index contributed by atoms with van der Waals surface area (Å²) < 4.78 is 12.9. The molecule has 2 N–H and O–H groups in total. The largest absolute Gasteiger partial charge is 0.364 e. The molecule has 0 fully saturated rings. The molecule has 0 radical (unpaired) electrons. The molecule has 3 rings (SSSR count). The molecule has 1 aromatic carbocycles. The summed E-state index contributed by atoms with van der Waals surface area (Å²) in [7, 11) is 0. The van der Waals surface area contributed by atoms with E-state index in [9.17, 15) is 9.18 Å². The number of pyridine rings is 1. The van der Waals surface area contributed by atoms with E-state index in [4.69, 9.17) is 0 Å². The zero-order valence-corrected chi connectivity index (χ0v) is 12.6. The van der Waals surface area contributed by atoms with Gasteiger partial charge >= 0.3 is 0 Å². The van der Waals surface area contributed by atoms with Gasteiger partial charge in [0.2, 0.25) is 0 Å². The van der Waals surface area contributed by atoms with Crippen molar-refractivity contribution in [3.63, 3.8) is 0 Å². The maximum atomic E-state index is 12.9. The third-order valence-electron chi connectivity index (χ3n) is 3.18. The number of nitrogens with one attached hydrogen (secondary N) is 2. The molecule has 2 aromatic heterocycles. The number of hydrogen-bond donors (Lipinski definition) is 2. The first-order valence-corrected chi connectivity index (χ1v) is 7.23. The van der Waals surface area contributed by atoms with Crippen molar-refractivity contribution in [1.82, 2.24) is 15.0 Å². The summed E-state index contributed by atoms with van der Waals surface area (Å²) in [5, 5.41) is 5.73. The fraction of sp³-hybridized carbons (Fsp3) is 0.0588. The standard InChI is InChI=1S/C17H14FN5O/c18-12-4-6-13(7-5-12)23-17(24)15-9-16(22-11-21-15)20-10-14-3-1-2-8-19-14/h1-9,11H,10H2,(H,23,24)(H,20,21,22). The third-order valence-corrected chi connectivity index (χ3v) is 3.18. The summed E-state index contributed by atoms with van der Waals surface area (Å²) in [6.45, 7) is 0.483. The van der Waals surface area contributed by atoms with Crippen molar-refractivity contribution in [2.75, 3.05) is 10.6 Å². The van der Waals surface area contributed by atoms with Gasteiger partial charge in [-0.3, -0.25) is 9.78 Å². The zero-order valence-electron chi connectivity index (χ0n) is 12.6. The molecule has 120 valence electrons. The Morgan fingerprint density at radius 3 is 2.62 bits per heavy atom. The second-order valence-electron chi connectivity index (χ2n) is 4.92. The number of carbonyl (C=O) groups excluding carboxylic acids is 1. The number of benzene rings is 1. The van der Waals surface area contributed by atoms with E-state index in [1.54, 1.807) is 12.3 Å². The first-order valence-electron chi connectivity index (χ1n) is 7.23. The molecule has 24 heavy (non-hydrogen) atoms. The molecule has 0 aliphatic rings. The summed E-state index contributed by atoms with van der Waals surface area (Å²) in [5.74, 6) is -0.249. The predicted octanol–water partition coefficient (Wildman–Crippen LogP) is 2.88. The molecule has 0 saturated carbocycles. The normalized spacial score (nSPS) is 10.2. The van der Waals surface area contributed by atoms with Gasteiger partial charge in [0.15, 0.2) is 0 Å². The van der Waals surface area contributed by atoms with Crippen molar-refractivity contribution < 1.29 is 9.18 Å². The topological polar surface area (TPSA) is 79.8 Å². The highest BCUT2D eigenvalue weighted by Gasteiger charge is 2.09. The van der Waals surface area contributed by atoms with Crippen LogP contribution in [0.3, 0.4) is 0 Å². The highest BCUT2D eigenvalue weighted by Crippen LogP contribution is 2.11. The minimum atomic E-state index is -0.398. The van der Waals surface area contributed by atoms with E-state index in [0.717, 1.165) is 5.69 Å². The fourth-order valence-corrected chi connectivity index (χ4v) is 1.99. The molecule has 0 unspecified atom stereocenters. The minimum absolute atomic E-state index is 0.206. The van der Waals surface area contributed by atoms with Crippen molar-refractivity contribution in [2.24, 2.45) is 0 Å². The number of rotatable bonds is 5. The van der Waals surface area contributed by atoms with Crippen LogP contribution in [0.25, 0.3) is 0 Å². The Hall–Kier alpha value is -3.35. The van der Waals surface area contributed by atoms with Gasteiger partial charge in [-0.2, -0.15) is 0 Å². The summed E-state index contributed by atoms with van der Waals surface area (Å²) in [5.41, 5.74) is 1.55. The van der Waals surface area contributed by atoms with E-state index in [2.05, 4.69) is 25.6 Å². The summed E-state index contributed by atoms with van der Waals surface area (Å²) >= 11 is 0. The molecule has 1 amide bonds. The van der Waals surface area contributed by atoms with Crippen LogP contribution in [0.4, 0.5) is 15.9 Å². The Kier molecular flexibility index (Phi) is 4.71. The molecule has 6 nitrogen and oxygen atoms in total. The third kappa shape index (κ3) is 4.10. The number of anilines is 2. The Bertz CT molecular complexity index is 824. The van der Waals surface area contributed by atoms with Gasteiger partial charge in [0.05, 0.1) is 12.2 Å². The second-order valence-corrected chi connectivity index (χ2v) is 4.92. The Labute approximate surface area is 137 Å². The van der Waals surface area contributed by atoms with Crippen LogP contribution in [0.2, 0.25) is 0 Å². The lowest BCUT2D eigenvalue weighted by Gasteiger charge is -2.07. The minimum Gasteiger partial charge on any atom is -0.364 e. The van der Waals surface area contributed by atoms with E-state index in [1.807, 2.05) is 18.2 Å². The maximum absolute atomic E-state index is 12.9. The molecule has 2 heterocycles. The lowest BCUT2D eigenvalue weighted by Crippen LogP contribution is -2.14. The number of nitrogens with zero attached hydrogens (tertiary/aromatic N) is 3. The molecule has 7 heteroatoms. The molecular weight excluding hydrogens is 309 g/mol. The maximum Gasteiger partial charge on any atom is 0.274 e. The van der Waals surface area contributed by atoms with Crippen LogP contribution in [0.5, 0.6) is 0 Å². The van der Waals surface area contributed by atoms with Crippen molar-refractivity contribution in [3.8, 4) is 0 Å². The summed E-state index contributed by atoms with van der Waals surface area (Å²) in [6, 6.07) is 12.7. The first-order chi connectivity index (χ1) is 11.7. The van der Waals surface area contributed by atoms with E-state index in [0.29, 0.717) is 18.1 Å². The number of halogens is 1. The van der Waals surface area contributed by atoms with Gasteiger partial charge in [0, 0.05) is 18.0 Å². The van der Waals surface area contributed by atoms with Crippen LogP contribution in [0, 0.1) is 5.82 Å². The molecule has 0 atom stereocenters. The average Bonchev–Trinajstić information content (AvgIpc) is 2.63. The monoisotopic (exact) mass is 323 g/mol. The summed E-state index contributed by atoms with van der Waals surface area (Å²) in [6.07, 6.45) is 3.01. The second kappa shape index (κ2) is 7.28. The van der Waals surface area contributed by atoms with Crippen molar-refractivity contribution in [1.29, 1.82) is 0 Å². The van der Waals surface area contributed by atoms with Crippen molar-refractivity contribution >= 4 is 17.4 Å². The Morgan fingerprint density at radius 1 is 1.04 bits per heavy atom. The SMILES string of the molecule is O=C(Nc1ccc(F)cc1)c1cc(NCc2ccccn2)ncn1. The number of aromatic nitrogens is 3. The van der Waals surface area contributed by atoms with Crippen LogP contribution in [0.1, 0.15) is 16.2 Å².